The van der Waals surface area contributed by atoms with Gasteiger partial charge >= 0.3 is 0 Å². The molecule has 3 nitrogen and oxygen atoms in total. The van der Waals surface area contributed by atoms with Gasteiger partial charge in [-0.15, -0.1) is 0 Å². The molecule has 0 aliphatic heterocycles. The molecule has 1 N–H and O–H groups in total. The molecule has 1 aliphatic rings. The molecule has 0 spiro atoms. The first-order valence-electron chi connectivity index (χ1n) is 7.08. The number of nitrogens with zero attached hydrogens (tertiary/aromatic N) is 1. The normalized spacial score (nSPS) is 21.1. The summed E-state index contributed by atoms with van der Waals surface area (Å²) in [6, 6.07) is 0.381. The molecule has 0 bridgehead atoms. The summed E-state index contributed by atoms with van der Waals surface area (Å²) < 4.78 is 0. The lowest BCUT2D eigenvalue weighted by Gasteiger charge is -2.36. The summed E-state index contributed by atoms with van der Waals surface area (Å²) in [4.78, 5) is 14.4. The number of nitrogens with one attached hydrogen (secondary N) is 1. The second-order valence-electron chi connectivity index (χ2n) is 7.53. The van der Waals surface area contributed by atoms with Crippen LogP contribution >= 0.6 is 0 Å². The van der Waals surface area contributed by atoms with Crippen LogP contribution in [0.2, 0.25) is 0 Å². The van der Waals surface area contributed by atoms with Gasteiger partial charge in [-0.05, 0) is 59.0 Å². The van der Waals surface area contributed by atoms with Gasteiger partial charge in [-0.2, -0.15) is 0 Å². The number of carbonyl (C=O) groups excluding carboxylic acids is 1. The molecule has 0 radical (unpaired) electrons. The summed E-state index contributed by atoms with van der Waals surface area (Å²) in [5.41, 5.74) is 0.150. The molecular weight excluding hydrogens is 224 g/mol. The molecule has 0 aromatic heterocycles. The smallest absolute Gasteiger partial charge is 0.227 e. The fourth-order valence-electron chi connectivity index (χ4n) is 2.79. The largest absolute Gasteiger partial charge is 0.353 e. The first-order chi connectivity index (χ1) is 8.12. The van der Waals surface area contributed by atoms with Crippen molar-refractivity contribution in [1.29, 1.82) is 0 Å². The van der Waals surface area contributed by atoms with E-state index in [4.69, 9.17) is 0 Å². The second kappa shape index (κ2) is 5.60. The van der Waals surface area contributed by atoms with Crippen LogP contribution in [0.5, 0.6) is 0 Å². The van der Waals surface area contributed by atoms with Gasteiger partial charge in [0.25, 0.3) is 0 Å². The summed E-state index contributed by atoms with van der Waals surface area (Å²) in [7, 11) is 4.02. The highest BCUT2D eigenvalue weighted by Gasteiger charge is 2.32. The van der Waals surface area contributed by atoms with Gasteiger partial charge in [-0.1, -0.05) is 13.8 Å². The summed E-state index contributed by atoms with van der Waals surface area (Å²) >= 11 is 0. The van der Waals surface area contributed by atoms with Gasteiger partial charge in [0, 0.05) is 12.6 Å². The van der Waals surface area contributed by atoms with Crippen LogP contribution in [0.4, 0.5) is 0 Å². The molecule has 1 amide bonds. The second-order valence-corrected chi connectivity index (χ2v) is 7.53. The van der Waals surface area contributed by atoms with Crippen molar-refractivity contribution in [1.82, 2.24) is 10.2 Å². The third kappa shape index (κ3) is 4.60. The van der Waals surface area contributed by atoms with Gasteiger partial charge < -0.3 is 10.2 Å². The molecule has 18 heavy (non-hydrogen) atoms. The Hall–Kier alpha value is -0.570. The molecule has 0 saturated heterocycles. The molecule has 1 rings (SSSR count). The lowest BCUT2D eigenvalue weighted by Crippen LogP contribution is -2.48. The Kier molecular flexibility index (Phi) is 4.82. The molecule has 0 heterocycles. The van der Waals surface area contributed by atoms with Crippen LogP contribution in [0.25, 0.3) is 0 Å². The van der Waals surface area contributed by atoms with E-state index in [0.29, 0.717) is 11.5 Å². The summed E-state index contributed by atoms with van der Waals surface area (Å²) in [6.07, 6.45) is 4.67. The third-order valence-corrected chi connectivity index (χ3v) is 4.00. The molecule has 0 atom stereocenters. The monoisotopic (exact) mass is 254 g/mol. The molecule has 0 aromatic carbocycles. The van der Waals surface area contributed by atoms with Crippen LogP contribution in [0.3, 0.4) is 0 Å². The van der Waals surface area contributed by atoms with E-state index in [0.717, 1.165) is 19.4 Å². The third-order valence-electron chi connectivity index (χ3n) is 4.00. The molecule has 0 unspecified atom stereocenters. The van der Waals surface area contributed by atoms with Gasteiger partial charge in [-0.25, -0.2) is 0 Å². The highest BCUT2D eigenvalue weighted by molar-refractivity contribution is 5.82. The fraction of sp³-hybridized carbons (Fsp3) is 0.933. The Morgan fingerprint density at radius 1 is 1.28 bits per heavy atom. The van der Waals surface area contributed by atoms with E-state index >= 15 is 0 Å². The standard InChI is InChI=1S/C15H30N2O/c1-14(2)9-7-12(8-10-14)16-13(18)15(3,4)11-17(5)6/h12H,7-11H2,1-6H3,(H,16,18). The predicted octanol–water partition coefficient (Wildman–Crippen LogP) is 2.66. The van der Waals surface area contributed by atoms with Crippen LogP contribution in [-0.4, -0.2) is 37.5 Å². The summed E-state index contributed by atoms with van der Waals surface area (Å²) in [5.74, 6) is 0.195. The maximum atomic E-state index is 12.3. The van der Waals surface area contributed by atoms with Crippen molar-refractivity contribution in [3.05, 3.63) is 0 Å². The Bertz CT molecular complexity index is 285. The Labute approximate surface area is 112 Å². The van der Waals surface area contributed by atoms with Gasteiger partial charge in [0.05, 0.1) is 5.41 Å². The maximum Gasteiger partial charge on any atom is 0.227 e. The molecule has 1 aliphatic carbocycles. The van der Waals surface area contributed by atoms with Crippen LogP contribution in [-0.2, 0) is 4.79 Å². The van der Waals surface area contributed by atoms with Crippen molar-refractivity contribution < 1.29 is 4.79 Å². The van der Waals surface area contributed by atoms with Crippen LogP contribution < -0.4 is 5.32 Å². The van der Waals surface area contributed by atoms with E-state index in [1.807, 2.05) is 27.9 Å². The van der Waals surface area contributed by atoms with E-state index in [1.54, 1.807) is 0 Å². The molecule has 0 aromatic rings. The van der Waals surface area contributed by atoms with Gasteiger partial charge in [0.15, 0.2) is 0 Å². The lowest BCUT2D eigenvalue weighted by atomic mass is 9.75. The molecular formula is C15H30N2O. The fourth-order valence-corrected chi connectivity index (χ4v) is 2.79. The lowest BCUT2D eigenvalue weighted by molar-refractivity contribution is -0.131. The van der Waals surface area contributed by atoms with Gasteiger partial charge in [-0.3, -0.25) is 4.79 Å². The van der Waals surface area contributed by atoms with E-state index < -0.39 is 0 Å². The van der Waals surface area contributed by atoms with Crippen molar-refractivity contribution in [3.8, 4) is 0 Å². The number of hydrogen-bond acceptors (Lipinski definition) is 2. The first kappa shape index (κ1) is 15.5. The van der Waals surface area contributed by atoms with Crippen LogP contribution in [0.1, 0.15) is 53.4 Å². The highest BCUT2D eigenvalue weighted by Crippen LogP contribution is 2.35. The van der Waals surface area contributed by atoms with Crippen molar-refractivity contribution in [2.24, 2.45) is 10.8 Å². The molecule has 3 heteroatoms. The number of amides is 1. The van der Waals surface area contributed by atoms with Crippen molar-refractivity contribution >= 4 is 5.91 Å². The summed E-state index contributed by atoms with van der Waals surface area (Å²) in [6.45, 7) is 9.48. The average Bonchev–Trinajstić information content (AvgIpc) is 2.19. The minimum Gasteiger partial charge on any atom is -0.353 e. The van der Waals surface area contributed by atoms with Crippen molar-refractivity contribution in [3.63, 3.8) is 0 Å². The van der Waals surface area contributed by atoms with E-state index in [-0.39, 0.29) is 11.3 Å². The minimum absolute atomic E-state index is 0.195. The maximum absolute atomic E-state index is 12.3. The van der Waals surface area contributed by atoms with Crippen molar-refractivity contribution in [2.45, 2.75) is 59.4 Å². The van der Waals surface area contributed by atoms with Gasteiger partial charge in [0.2, 0.25) is 5.91 Å². The van der Waals surface area contributed by atoms with Crippen LogP contribution in [0, 0.1) is 10.8 Å². The predicted molar refractivity (Wildman–Crippen MR) is 76.5 cm³/mol. The Morgan fingerprint density at radius 3 is 2.22 bits per heavy atom. The Balaban J connectivity index is 2.46. The SMILES string of the molecule is CN(C)CC(C)(C)C(=O)NC1CCC(C)(C)CC1. The zero-order valence-electron chi connectivity index (χ0n) is 13.0. The number of carbonyl (C=O) groups is 1. The molecule has 106 valence electrons. The zero-order valence-corrected chi connectivity index (χ0v) is 13.0. The average molecular weight is 254 g/mol. The first-order valence-corrected chi connectivity index (χ1v) is 7.08. The number of rotatable bonds is 4. The van der Waals surface area contributed by atoms with E-state index in [9.17, 15) is 4.79 Å². The van der Waals surface area contributed by atoms with Gasteiger partial charge in [0.1, 0.15) is 0 Å². The highest BCUT2D eigenvalue weighted by atomic mass is 16.2. The molecule has 1 saturated carbocycles. The van der Waals surface area contributed by atoms with E-state index in [1.165, 1.54) is 12.8 Å². The number of hydrogen-bond donors (Lipinski definition) is 1. The quantitative estimate of drug-likeness (QED) is 0.836. The summed E-state index contributed by atoms with van der Waals surface area (Å²) in [5, 5.41) is 3.24. The minimum atomic E-state index is -0.309. The molecule has 1 fully saturated rings. The van der Waals surface area contributed by atoms with E-state index in [2.05, 4.69) is 24.1 Å². The Morgan fingerprint density at radius 2 is 1.78 bits per heavy atom. The topological polar surface area (TPSA) is 32.3 Å². The zero-order chi connectivity index (χ0) is 14.0. The van der Waals surface area contributed by atoms with Crippen molar-refractivity contribution in [2.75, 3.05) is 20.6 Å². The van der Waals surface area contributed by atoms with Crippen LogP contribution in [0.15, 0.2) is 0 Å².